The second-order valence-corrected chi connectivity index (χ2v) is 9.60. The van der Waals surface area contributed by atoms with E-state index >= 15 is 0 Å². The summed E-state index contributed by atoms with van der Waals surface area (Å²) in [5.41, 5.74) is 1.92. The van der Waals surface area contributed by atoms with Gasteiger partial charge in [0.05, 0.1) is 25.2 Å². The first-order chi connectivity index (χ1) is 15.9. The number of methoxy groups -OCH3 is 1. The van der Waals surface area contributed by atoms with Crippen molar-refractivity contribution in [2.75, 3.05) is 49.6 Å². The SMILES string of the molecule is COc1ccc(NS(=O)(=O)c2ccc3c(c2)CCN3C(=O)CCC(=O)N2CCOCC2)cc1. The van der Waals surface area contributed by atoms with Crippen LogP contribution in [-0.4, -0.2) is 65.1 Å². The number of anilines is 2. The number of hydrogen-bond acceptors (Lipinski definition) is 6. The highest BCUT2D eigenvalue weighted by Gasteiger charge is 2.27. The van der Waals surface area contributed by atoms with E-state index in [9.17, 15) is 18.0 Å². The van der Waals surface area contributed by atoms with Crippen LogP contribution in [-0.2, 0) is 30.8 Å². The van der Waals surface area contributed by atoms with Crippen molar-refractivity contribution in [2.24, 2.45) is 0 Å². The molecular weight excluding hydrogens is 446 g/mol. The Morgan fingerprint density at radius 3 is 2.39 bits per heavy atom. The molecule has 0 unspecified atom stereocenters. The van der Waals surface area contributed by atoms with Gasteiger partial charge in [-0.1, -0.05) is 0 Å². The Labute approximate surface area is 193 Å². The highest BCUT2D eigenvalue weighted by molar-refractivity contribution is 7.92. The van der Waals surface area contributed by atoms with Crippen molar-refractivity contribution in [1.82, 2.24) is 4.90 Å². The quantitative estimate of drug-likeness (QED) is 0.660. The van der Waals surface area contributed by atoms with Crippen molar-refractivity contribution in [3.05, 3.63) is 48.0 Å². The van der Waals surface area contributed by atoms with Gasteiger partial charge in [-0.2, -0.15) is 0 Å². The number of morpholine rings is 1. The van der Waals surface area contributed by atoms with Crippen LogP contribution >= 0.6 is 0 Å². The van der Waals surface area contributed by atoms with E-state index in [0.717, 1.165) is 5.56 Å². The molecule has 0 saturated carbocycles. The monoisotopic (exact) mass is 473 g/mol. The number of ether oxygens (including phenoxy) is 2. The molecule has 0 aromatic heterocycles. The van der Waals surface area contributed by atoms with E-state index in [-0.39, 0.29) is 29.6 Å². The van der Waals surface area contributed by atoms with Gasteiger partial charge in [0.1, 0.15) is 5.75 Å². The average molecular weight is 474 g/mol. The Bertz CT molecular complexity index is 1130. The lowest BCUT2D eigenvalue weighted by Gasteiger charge is -2.27. The molecule has 0 bridgehead atoms. The fourth-order valence-electron chi connectivity index (χ4n) is 4.00. The van der Waals surface area contributed by atoms with Crippen LogP contribution in [0.1, 0.15) is 18.4 Å². The Kier molecular flexibility index (Phi) is 6.85. The molecule has 33 heavy (non-hydrogen) atoms. The minimum atomic E-state index is -3.78. The molecule has 2 heterocycles. The fourth-order valence-corrected chi connectivity index (χ4v) is 5.11. The minimum absolute atomic E-state index is 0.0443. The van der Waals surface area contributed by atoms with Crippen molar-refractivity contribution in [3.63, 3.8) is 0 Å². The van der Waals surface area contributed by atoms with Gasteiger partial charge < -0.3 is 19.3 Å². The zero-order valence-electron chi connectivity index (χ0n) is 18.5. The third kappa shape index (κ3) is 5.28. The maximum Gasteiger partial charge on any atom is 0.261 e. The maximum absolute atomic E-state index is 12.8. The van der Waals surface area contributed by atoms with Crippen LogP contribution in [0.2, 0.25) is 0 Å². The number of nitrogens with zero attached hydrogens (tertiary/aromatic N) is 2. The summed E-state index contributed by atoms with van der Waals surface area (Å²) >= 11 is 0. The van der Waals surface area contributed by atoms with Crippen LogP contribution in [0.4, 0.5) is 11.4 Å². The zero-order valence-corrected chi connectivity index (χ0v) is 19.3. The number of benzene rings is 2. The molecule has 1 fully saturated rings. The highest BCUT2D eigenvalue weighted by Crippen LogP contribution is 2.31. The van der Waals surface area contributed by atoms with Crippen LogP contribution in [0.5, 0.6) is 5.75 Å². The molecule has 2 aromatic carbocycles. The van der Waals surface area contributed by atoms with Gasteiger partial charge in [-0.25, -0.2) is 8.42 Å². The molecule has 1 N–H and O–H groups in total. The number of sulfonamides is 1. The largest absolute Gasteiger partial charge is 0.497 e. The van der Waals surface area contributed by atoms with Gasteiger partial charge in [-0.3, -0.25) is 14.3 Å². The normalized spacial score (nSPS) is 15.8. The molecule has 2 aliphatic heterocycles. The number of hydrogen-bond donors (Lipinski definition) is 1. The Morgan fingerprint density at radius 2 is 1.70 bits per heavy atom. The van der Waals surface area contributed by atoms with Crippen LogP contribution in [0.15, 0.2) is 47.4 Å². The number of fused-ring (bicyclic) bond motifs is 1. The molecule has 0 spiro atoms. The summed E-state index contributed by atoms with van der Waals surface area (Å²) in [5.74, 6) is 0.450. The Balaban J connectivity index is 1.40. The number of nitrogens with one attached hydrogen (secondary N) is 1. The van der Waals surface area contributed by atoms with E-state index in [4.69, 9.17) is 9.47 Å². The molecule has 176 valence electrons. The summed E-state index contributed by atoms with van der Waals surface area (Å²) in [6, 6.07) is 11.4. The van der Waals surface area contributed by atoms with E-state index in [1.165, 1.54) is 6.07 Å². The summed E-state index contributed by atoms with van der Waals surface area (Å²) in [4.78, 5) is 28.6. The van der Waals surface area contributed by atoms with Gasteiger partial charge in [-0.05, 0) is 54.4 Å². The van der Waals surface area contributed by atoms with Crippen molar-refractivity contribution in [2.45, 2.75) is 24.2 Å². The van der Waals surface area contributed by atoms with E-state index in [1.807, 2.05) is 0 Å². The van der Waals surface area contributed by atoms with Gasteiger partial charge in [-0.15, -0.1) is 0 Å². The number of carbonyl (C=O) groups excluding carboxylic acids is 2. The average Bonchev–Trinajstić information content (AvgIpc) is 3.26. The van der Waals surface area contributed by atoms with Gasteiger partial charge in [0.25, 0.3) is 10.0 Å². The summed E-state index contributed by atoms with van der Waals surface area (Å²) < 4.78 is 38.6. The molecule has 0 radical (unpaired) electrons. The molecular formula is C23H27N3O6S. The first-order valence-electron chi connectivity index (χ1n) is 10.8. The molecule has 10 heteroatoms. The number of amides is 2. The number of rotatable bonds is 7. The lowest BCUT2D eigenvalue weighted by atomic mass is 10.2. The Morgan fingerprint density at radius 1 is 1.00 bits per heavy atom. The van der Waals surface area contributed by atoms with E-state index < -0.39 is 10.0 Å². The molecule has 2 aromatic rings. The van der Waals surface area contributed by atoms with Gasteiger partial charge in [0, 0.05) is 43.9 Å². The third-order valence-corrected chi connectivity index (χ3v) is 7.20. The van der Waals surface area contributed by atoms with Crippen molar-refractivity contribution in [1.29, 1.82) is 0 Å². The summed E-state index contributed by atoms with van der Waals surface area (Å²) in [5, 5.41) is 0. The smallest absolute Gasteiger partial charge is 0.261 e. The van der Waals surface area contributed by atoms with Gasteiger partial charge in [0.15, 0.2) is 0 Å². The van der Waals surface area contributed by atoms with Crippen LogP contribution in [0, 0.1) is 0 Å². The molecule has 0 atom stereocenters. The van der Waals surface area contributed by atoms with Crippen molar-refractivity contribution in [3.8, 4) is 5.75 Å². The second-order valence-electron chi connectivity index (χ2n) is 7.91. The van der Waals surface area contributed by atoms with E-state index in [1.54, 1.807) is 53.3 Å². The zero-order chi connectivity index (χ0) is 23.4. The maximum atomic E-state index is 12.8. The van der Waals surface area contributed by atoms with Crippen molar-refractivity contribution >= 4 is 33.2 Å². The molecule has 9 nitrogen and oxygen atoms in total. The lowest BCUT2D eigenvalue weighted by Crippen LogP contribution is -2.41. The topological polar surface area (TPSA) is 105 Å². The van der Waals surface area contributed by atoms with E-state index in [0.29, 0.717) is 56.4 Å². The van der Waals surface area contributed by atoms with Gasteiger partial charge in [0.2, 0.25) is 11.8 Å². The first kappa shape index (κ1) is 23.1. The summed E-state index contributed by atoms with van der Waals surface area (Å²) in [6.07, 6.45) is 0.835. The molecule has 0 aliphatic carbocycles. The predicted molar refractivity (Wildman–Crippen MR) is 123 cm³/mol. The third-order valence-electron chi connectivity index (χ3n) is 5.82. The summed E-state index contributed by atoms with van der Waals surface area (Å²) in [7, 11) is -2.24. The summed E-state index contributed by atoms with van der Waals surface area (Å²) in [6.45, 7) is 2.63. The fraction of sp³-hybridized carbons (Fsp3) is 0.391. The second kappa shape index (κ2) is 9.80. The molecule has 2 amide bonds. The van der Waals surface area contributed by atoms with Crippen LogP contribution in [0.3, 0.4) is 0 Å². The molecule has 4 rings (SSSR count). The first-order valence-corrected chi connectivity index (χ1v) is 12.3. The highest BCUT2D eigenvalue weighted by atomic mass is 32.2. The van der Waals surface area contributed by atoms with Gasteiger partial charge >= 0.3 is 0 Å². The molecule has 2 aliphatic rings. The van der Waals surface area contributed by atoms with Crippen LogP contribution in [0.25, 0.3) is 0 Å². The molecule has 1 saturated heterocycles. The van der Waals surface area contributed by atoms with E-state index in [2.05, 4.69) is 4.72 Å². The van der Waals surface area contributed by atoms with Crippen molar-refractivity contribution < 1.29 is 27.5 Å². The standard InChI is InChI=1S/C23H27N3O6S/c1-31-19-4-2-18(3-5-19)24-33(29,30)20-6-7-21-17(16-20)10-11-26(21)23(28)9-8-22(27)25-12-14-32-15-13-25/h2-7,16,24H,8-15H2,1H3. The minimum Gasteiger partial charge on any atom is -0.497 e. The lowest BCUT2D eigenvalue weighted by molar-refractivity contribution is -0.136. The number of carbonyl (C=O) groups is 2. The predicted octanol–water partition coefficient (Wildman–Crippen LogP) is 2.02. The Hall–Kier alpha value is -3.11. The van der Waals surface area contributed by atoms with Crippen LogP contribution < -0.4 is 14.4 Å².